The highest BCUT2D eigenvalue weighted by atomic mass is 16.5. The van der Waals surface area contributed by atoms with E-state index in [-0.39, 0.29) is 24.0 Å². The zero-order valence-electron chi connectivity index (χ0n) is 21.2. The maximum absolute atomic E-state index is 13.3. The summed E-state index contributed by atoms with van der Waals surface area (Å²) in [6.45, 7) is 8.04. The van der Waals surface area contributed by atoms with Gasteiger partial charge >= 0.3 is 0 Å². The predicted octanol–water partition coefficient (Wildman–Crippen LogP) is 5.72. The predicted molar refractivity (Wildman–Crippen MR) is 139 cm³/mol. The summed E-state index contributed by atoms with van der Waals surface area (Å²) in [5.74, 6) is -0.140. The number of ketones is 1. The number of Topliss-reactive ketones (excluding diaryl/α,β-unsaturated/α-hetero) is 1. The van der Waals surface area contributed by atoms with Crippen LogP contribution in [0.15, 0.2) is 72.3 Å². The molecule has 0 bridgehead atoms. The molecule has 1 heterocycles. The van der Waals surface area contributed by atoms with Crippen LogP contribution in [-0.4, -0.2) is 34.9 Å². The Morgan fingerprint density at radius 1 is 0.917 bits per heavy atom. The van der Waals surface area contributed by atoms with Crippen LogP contribution >= 0.6 is 0 Å². The number of nitrogens with zero attached hydrogens (tertiary/aromatic N) is 1. The third kappa shape index (κ3) is 4.98. The molecular formula is C30H31NO5. The van der Waals surface area contributed by atoms with Crippen LogP contribution in [0.3, 0.4) is 0 Å². The molecule has 0 spiro atoms. The molecule has 0 aliphatic carbocycles. The Morgan fingerprint density at radius 3 is 2.14 bits per heavy atom. The second-order valence-electron chi connectivity index (χ2n) is 9.31. The number of benzene rings is 3. The van der Waals surface area contributed by atoms with Crippen molar-refractivity contribution in [1.29, 1.82) is 0 Å². The zero-order valence-corrected chi connectivity index (χ0v) is 21.2. The van der Waals surface area contributed by atoms with Gasteiger partial charge in [-0.05, 0) is 80.3 Å². The average molecular weight is 486 g/mol. The minimum atomic E-state index is -0.746. The van der Waals surface area contributed by atoms with Crippen molar-refractivity contribution in [2.75, 3.05) is 7.11 Å². The quantitative estimate of drug-likeness (QED) is 0.263. The van der Waals surface area contributed by atoms with Crippen LogP contribution in [-0.2, 0) is 16.1 Å². The van der Waals surface area contributed by atoms with E-state index in [0.717, 1.165) is 22.4 Å². The zero-order chi connectivity index (χ0) is 26.0. The van der Waals surface area contributed by atoms with E-state index in [1.807, 2.05) is 76.2 Å². The highest BCUT2D eigenvalue weighted by molar-refractivity contribution is 6.46. The number of methoxy groups -OCH3 is 1. The molecule has 186 valence electrons. The molecule has 4 rings (SSSR count). The van der Waals surface area contributed by atoms with E-state index in [4.69, 9.17) is 9.47 Å². The lowest BCUT2D eigenvalue weighted by Crippen LogP contribution is -2.29. The van der Waals surface area contributed by atoms with Crippen molar-refractivity contribution in [3.05, 3.63) is 100 Å². The van der Waals surface area contributed by atoms with Crippen molar-refractivity contribution in [3.63, 3.8) is 0 Å². The first-order valence-electron chi connectivity index (χ1n) is 11.9. The van der Waals surface area contributed by atoms with Crippen molar-refractivity contribution in [2.24, 2.45) is 0 Å². The number of carbonyl (C=O) groups excluding carboxylic acids is 2. The number of carbonyl (C=O) groups is 2. The monoisotopic (exact) mass is 485 g/mol. The highest BCUT2D eigenvalue weighted by Crippen LogP contribution is 2.41. The van der Waals surface area contributed by atoms with Crippen molar-refractivity contribution in [1.82, 2.24) is 4.90 Å². The van der Waals surface area contributed by atoms with Gasteiger partial charge in [-0.2, -0.15) is 0 Å². The molecule has 6 nitrogen and oxygen atoms in total. The molecule has 1 unspecified atom stereocenters. The number of rotatable bonds is 7. The fourth-order valence-corrected chi connectivity index (χ4v) is 4.36. The van der Waals surface area contributed by atoms with Gasteiger partial charge in [0.1, 0.15) is 17.3 Å². The lowest BCUT2D eigenvalue weighted by atomic mass is 9.94. The third-order valence-electron chi connectivity index (χ3n) is 6.40. The van der Waals surface area contributed by atoms with E-state index in [9.17, 15) is 14.7 Å². The molecule has 3 aromatic rings. The van der Waals surface area contributed by atoms with E-state index in [1.54, 1.807) is 25.3 Å². The van der Waals surface area contributed by atoms with Crippen LogP contribution in [0, 0.1) is 13.8 Å². The van der Waals surface area contributed by atoms with Gasteiger partial charge in [0.2, 0.25) is 0 Å². The van der Waals surface area contributed by atoms with Gasteiger partial charge in [0, 0.05) is 12.1 Å². The Morgan fingerprint density at radius 2 is 1.56 bits per heavy atom. The Bertz CT molecular complexity index is 1310. The van der Waals surface area contributed by atoms with Gasteiger partial charge in [-0.1, -0.05) is 36.4 Å². The van der Waals surface area contributed by atoms with Crippen LogP contribution in [0.2, 0.25) is 0 Å². The number of hydrogen-bond acceptors (Lipinski definition) is 5. The van der Waals surface area contributed by atoms with Gasteiger partial charge in [0.15, 0.2) is 0 Å². The SMILES string of the molecule is COc1ccc(C2/C(=C(/O)c3ccc(C)c(C)c3)C(=O)C(=O)N2Cc2ccc(OC(C)C)cc2)cc1. The molecule has 1 fully saturated rings. The largest absolute Gasteiger partial charge is 0.507 e. The first kappa shape index (κ1) is 25.0. The summed E-state index contributed by atoms with van der Waals surface area (Å²) in [6, 6.07) is 19.4. The molecule has 36 heavy (non-hydrogen) atoms. The topological polar surface area (TPSA) is 76.1 Å². The summed E-state index contributed by atoms with van der Waals surface area (Å²) >= 11 is 0. The summed E-state index contributed by atoms with van der Waals surface area (Å²) < 4.78 is 11.0. The van der Waals surface area contributed by atoms with Crippen LogP contribution < -0.4 is 9.47 Å². The summed E-state index contributed by atoms with van der Waals surface area (Å²) in [7, 11) is 1.58. The van der Waals surface area contributed by atoms with Crippen molar-refractivity contribution in [3.8, 4) is 11.5 Å². The molecule has 1 saturated heterocycles. The van der Waals surface area contributed by atoms with E-state index in [0.29, 0.717) is 16.9 Å². The lowest BCUT2D eigenvalue weighted by Gasteiger charge is -2.26. The smallest absolute Gasteiger partial charge is 0.295 e. The molecule has 1 N–H and O–H groups in total. The van der Waals surface area contributed by atoms with Crippen LogP contribution in [0.5, 0.6) is 11.5 Å². The Kier molecular flexibility index (Phi) is 7.15. The van der Waals surface area contributed by atoms with E-state index in [2.05, 4.69) is 0 Å². The van der Waals surface area contributed by atoms with Gasteiger partial charge in [-0.25, -0.2) is 0 Å². The fourth-order valence-electron chi connectivity index (χ4n) is 4.36. The molecular weight excluding hydrogens is 454 g/mol. The second kappa shape index (κ2) is 10.3. The Hall–Kier alpha value is -4.06. The van der Waals surface area contributed by atoms with Crippen LogP contribution in [0.4, 0.5) is 0 Å². The number of aryl methyl sites for hydroxylation is 2. The van der Waals surface area contributed by atoms with Crippen molar-refractivity contribution < 1.29 is 24.2 Å². The average Bonchev–Trinajstić information content (AvgIpc) is 3.11. The van der Waals surface area contributed by atoms with E-state index < -0.39 is 17.7 Å². The summed E-state index contributed by atoms with van der Waals surface area (Å²) in [5.41, 5.74) is 4.19. The molecule has 1 aliphatic heterocycles. The first-order chi connectivity index (χ1) is 17.2. The van der Waals surface area contributed by atoms with Crippen molar-refractivity contribution >= 4 is 17.4 Å². The maximum atomic E-state index is 13.3. The van der Waals surface area contributed by atoms with E-state index in [1.165, 1.54) is 4.90 Å². The molecule has 0 saturated carbocycles. The van der Waals surface area contributed by atoms with Gasteiger partial charge < -0.3 is 19.5 Å². The van der Waals surface area contributed by atoms with Gasteiger partial charge in [0.05, 0.1) is 24.8 Å². The first-order valence-corrected chi connectivity index (χ1v) is 11.9. The normalized spacial score (nSPS) is 17.1. The molecule has 0 aromatic heterocycles. The standard InChI is InChI=1S/C30H31NO5/c1-18(2)36-25-12-7-21(8-13-25)17-31-27(22-10-14-24(35-5)15-11-22)26(29(33)30(31)34)28(32)23-9-6-19(3)20(4)16-23/h6-16,18,27,32H,17H2,1-5H3/b28-26-. The molecule has 1 aliphatic rings. The minimum Gasteiger partial charge on any atom is -0.507 e. The Balaban J connectivity index is 1.78. The highest BCUT2D eigenvalue weighted by Gasteiger charge is 2.46. The second-order valence-corrected chi connectivity index (χ2v) is 9.31. The van der Waals surface area contributed by atoms with Crippen molar-refractivity contribution in [2.45, 2.75) is 46.4 Å². The molecule has 1 amide bonds. The van der Waals surface area contributed by atoms with E-state index >= 15 is 0 Å². The van der Waals surface area contributed by atoms with Gasteiger partial charge in [0.25, 0.3) is 11.7 Å². The number of hydrogen-bond donors (Lipinski definition) is 1. The molecule has 6 heteroatoms. The number of ether oxygens (including phenoxy) is 2. The molecule has 3 aromatic carbocycles. The van der Waals surface area contributed by atoms with Gasteiger partial charge in [-0.15, -0.1) is 0 Å². The number of likely N-dealkylation sites (tertiary alicyclic amines) is 1. The number of aliphatic hydroxyl groups is 1. The fraction of sp³-hybridized carbons (Fsp3) is 0.267. The maximum Gasteiger partial charge on any atom is 0.295 e. The summed E-state index contributed by atoms with van der Waals surface area (Å²) in [6.07, 6.45) is 0.0502. The lowest BCUT2D eigenvalue weighted by molar-refractivity contribution is -0.140. The van der Waals surface area contributed by atoms with Crippen LogP contribution in [0.1, 0.15) is 47.7 Å². The van der Waals surface area contributed by atoms with Crippen LogP contribution in [0.25, 0.3) is 5.76 Å². The number of amides is 1. The Labute approximate surface area is 211 Å². The minimum absolute atomic E-state index is 0.0502. The summed E-state index contributed by atoms with van der Waals surface area (Å²) in [5, 5.41) is 11.3. The third-order valence-corrected chi connectivity index (χ3v) is 6.40. The van der Waals surface area contributed by atoms with Gasteiger partial charge in [-0.3, -0.25) is 9.59 Å². The molecule has 1 atom stereocenters. The molecule has 0 radical (unpaired) electrons. The summed E-state index contributed by atoms with van der Waals surface area (Å²) in [4.78, 5) is 28.1. The number of aliphatic hydroxyl groups excluding tert-OH is 1.